The predicted molar refractivity (Wildman–Crippen MR) is 78.4 cm³/mol. The Labute approximate surface area is 119 Å². The number of nitrogens with one attached hydrogen (secondary N) is 1. The van der Waals surface area contributed by atoms with Gasteiger partial charge in [-0.15, -0.1) is 11.3 Å². The Balaban J connectivity index is 1.83. The fraction of sp³-hybridized carbons (Fsp3) is 0.286. The highest BCUT2D eigenvalue weighted by Gasteiger charge is 2.06. The standard InChI is InChI=1S/C14H15BrFNS/c1-10(8-11-2-4-12(16)5-3-11)17-9-14-13(15)6-7-18-14/h2-7,10,17H,8-9H2,1H3. The van der Waals surface area contributed by atoms with Crippen LogP contribution in [0.15, 0.2) is 40.2 Å². The summed E-state index contributed by atoms with van der Waals surface area (Å²) in [6, 6.07) is 9.13. The maximum absolute atomic E-state index is 12.8. The molecule has 1 atom stereocenters. The van der Waals surface area contributed by atoms with Gasteiger partial charge in [0.05, 0.1) is 0 Å². The molecule has 1 N–H and O–H groups in total. The zero-order valence-corrected chi connectivity index (χ0v) is 12.5. The van der Waals surface area contributed by atoms with Gasteiger partial charge in [-0.3, -0.25) is 0 Å². The van der Waals surface area contributed by atoms with Crippen molar-refractivity contribution >= 4 is 27.3 Å². The van der Waals surface area contributed by atoms with Crippen LogP contribution in [0.25, 0.3) is 0 Å². The number of rotatable bonds is 5. The molecule has 1 aromatic carbocycles. The van der Waals surface area contributed by atoms with Gasteiger partial charge in [0.2, 0.25) is 0 Å². The van der Waals surface area contributed by atoms with Crippen LogP contribution in [0, 0.1) is 5.82 Å². The minimum absolute atomic E-state index is 0.179. The normalized spacial score (nSPS) is 12.6. The van der Waals surface area contributed by atoms with Crippen molar-refractivity contribution in [1.29, 1.82) is 0 Å². The molecule has 0 amide bonds. The molecule has 0 fully saturated rings. The molecule has 0 aliphatic rings. The summed E-state index contributed by atoms with van der Waals surface area (Å²) in [5.74, 6) is -0.179. The van der Waals surface area contributed by atoms with Gasteiger partial charge in [-0.1, -0.05) is 12.1 Å². The predicted octanol–water partition coefficient (Wildman–Crippen LogP) is 4.37. The lowest BCUT2D eigenvalue weighted by Gasteiger charge is -2.13. The molecule has 1 nitrogen and oxygen atoms in total. The molecule has 0 radical (unpaired) electrons. The molecule has 4 heteroatoms. The van der Waals surface area contributed by atoms with Gasteiger partial charge in [0.25, 0.3) is 0 Å². The number of hydrogen-bond donors (Lipinski definition) is 1. The third-order valence-electron chi connectivity index (χ3n) is 2.76. The van der Waals surface area contributed by atoms with E-state index in [1.54, 1.807) is 11.3 Å². The van der Waals surface area contributed by atoms with Crippen molar-refractivity contribution in [3.63, 3.8) is 0 Å². The van der Waals surface area contributed by atoms with Crippen molar-refractivity contribution < 1.29 is 4.39 Å². The van der Waals surface area contributed by atoms with Gasteiger partial charge in [0.1, 0.15) is 5.82 Å². The fourth-order valence-electron chi connectivity index (χ4n) is 1.76. The molecule has 1 aromatic heterocycles. The Kier molecular flexibility index (Phi) is 4.92. The molecule has 2 aromatic rings. The van der Waals surface area contributed by atoms with Crippen molar-refractivity contribution in [3.8, 4) is 0 Å². The molecular weight excluding hydrogens is 313 g/mol. The van der Waals surface area contributed by atoms with Crippen LogP contribution in [-0.4, -0.2) is 6.04 Å². The van der Waals surface area contributed by atoms with Gasteiger partial charge in [-0.2, -0.15) is 0 Å². The molecule has 0 saturated heterocycles. The Hall–Kier alpha value is -0.710. The van der Waals surface area contributed by atoms with Crippen molar-refractivity contribution in [3.05, 3.63) is 56.4 Å². The van der Waals surface area contributed by atoms with Crippen LogP contribution < -0.4 is 5.32 Å². The summed E-state index contributed by atoms with van der Waals surface area (Å²) in [7, 11) is 0. The minimum Gasteiger partial charge on any atom is -0.309 e. The zero-order valence-electron chi connectivity index (χ0n) is 10.1. The quantitative estimate of drug-likeness (QED) is 0.859. The summed E-state index contributed by atoms with van der Waals surface area (Å²) in [5.41, 5.74) is 1.15. The van der Waals surface area contributed by atoms with Gasteiger partial charge in [0, 0.05) is 21.9 Å². The van der Waals surface area contributed by atoms with E-state index < -0.39 is 0 Å². The Morgan fingerprint density at radius 1 is 1.28 bits per heavy atom. The maximum atomic E-state index is 12.8. The lowest BCUT2D eigenvalue weighted by atomic mass is 10.1. The van der Waals surface area contributed by atoms with Crippen LogP contribution in [0.3, 0.4) is 0 Å². The van der Waals surface area contributed by atoms with Crippen LogP contribution in [0.5, 0.6) is 0 Å². The monoisotopic (exact) mass is 327 g/mol. The first-order valence-corrected chi connectivity index (χ1v) is 7.52. The number of hydrogen-bond acceptors (Lipinski definition) is 2. The topological polar surface area (TPSA) is 12.0 Å². The van der Waals surface area contributed by atoms with Crippen LogP contribution in [-0.2, 0) is 13.0 Å². The Bertz CT molecular complexity index is 495. The summed E-state index contributed by atoms with van der Waals surface area (Å²) in [6.07, 6.45) is 0.906. The molecule has 0 aliphatic heterocycles. The van der Waals surface area contributed by atoms with E-state index in [2.05, 4.69) is 39.6 Å². The molecule has 2 rings (SSSR count). The van der Waals surface area contributed by atoms with Crippen LogP contribution in [0.4, 0.5) is 4.39 Å². The van der Waals surface area contributed by atoms with Gasteiger partial charge >= 0.3 is 0 Å². The first kappa shape index (κ1) is 13.7. The highest BCUT2D eigenvalue weighted by Crippen LogP contribution is 2.22. The number of halogens is 2. The largest absolute Gasteiger partial charge is 0.309 e. The summed E-state index contributed by atoms with van der Waals surface area (Å²) in [5, 5.41) is 5.55. The smallest absolute Gasteiger partial charge is 0.123 e. The van der Waals surface area contributed by atoms with E-state index in [1.165, 1.54) is 17.0 Å². The van der Waals surface area contributed by atoms with E-state index in [9.17, 15) is 4.39 Å². The first-order valence-electron chi connectivity index (χ1n) is 5.85. The van der Waals surface area contributed by atoms with Crippen molar-refractivity contribution in [2.75, 3.05) is 0 Å². The molecule has 0 saturated carbocycles. The van der Waals surface area contributed by atoms with Gasteiger partial charge in [0.15, 0.2) is 0 Å². The Morgan fingerprint density at radius 2 is 2.00 bits per heavy atom. The van der Waals surface area contributed by atoms with E-state index in [-0.39, 0.29) is 5.82 Å². The molecule has 96 valence electrons. The summed E-state index contributed by atoms with van der Waals surface area (Å²) >= 11 is 5.26. The third-order valence-corrected chi connectivity index (χ3v) is 4.68. The lowest BCUT2D eigenvalue weighted by molar-refractivity contribution is 0.547. The van der Waals surface area contributed by atoms with E-state index in [0.717, 1.165) is 23.0 Å². The average Bonchev–Trinajstić information content (AvgIpc) is 2.75. The summed E-state index contributed by atoms with van der Waals surface area (Å²) in [4.78, 5) is 1.31. The second kappa shape index (κ2) is 6.45. The molecule has 0 spiro atoms. The lowest BCUT2D eigenvalue weighted by Crippen LogP contribution is -2.27. The number of benzene rings is 1. The third kappa shape index (κ3) is 3.90. The molecule has 1 heterocycles. The molecule has 0 aliphatic carbocycles. The van der Waals surface area contributed by atoms with Gasteiger partial charge in [-0.25, -0.2) is 4.39 Å². The van der Waals surface area contributed by atoms with Crippen LogP contribution in [0.2, 0.25) is 0 Å². The van der Waals surface area contributed by atoms with Gasteiger partial charge in [-0.05, 0) is 58.4 Å². The second-order valence-corrected chi connectivity index (χ2v) is 6.16. The SMILES string of the molecule is CC(Cc1ccc(F)cc1)NCc1sccc1Br. The van der Waals surface area contributed by atoms with Crippen LogP contribution in [0.1, 0.15) is 17.4 Å². The number of thiophene rings is 1. The molecule has 1 unspecified atom stereocenters. The summed E-state index contributed by atoms with van der Waals surface area (Å²) in [6.45, 7) is 3.01. The highest BCUT2D eigenvalue weighted by atomic mass is 79.9. The molecule has 18 heavy (non-hydrogen) atoms. The molecule has 0 bridgehead atoms. The second-order valence-electron chi connectivity index (χ2n) is 4.30. The van der Waals surface area contributed by atoms with Crippen molar-refractivity contribution in [2.45, 2.75) is 25.9 Å². The van der Waals surface area contributed by atoms with E-state index in [0.29, 0.717) is 6.04 Å². The van der Waals surface area contributed by atoms with Crippen LogP contribution >= 0.6 is 27.3 Å². The van der Waals surface area contributed by atoms with Crippen molar-refractivity contribution in [2.24, 2.45) is 0 Å². The van der Waals surface area contributed by atoms with Crippen molar-refractivity contribution in [1.82, 2.24) is 5.32 Å². The minimum atomic E-state index is -0.179. The fourth-order valence-corrected chi connectivity index (χ4v) is 3.21. The highest BCUT2D eigenvalue weighted by molar-refractivity contribution is 9.10. The van der Waals surface area contributed by atoms with E-state index in [4.69, 9.17) is 0 Å². The van der Waals surface area contributed by atoms with E-state index >= 15 is 0 Å². The first-order chi connectivity index (χ1) is 8.65. The van der Waals surface area contributed by atoms with E-state index in [1.807, 2.05) is 12.1 Å². The maximum Gasteiger partial charge on any atom is 0.123 e. The average molecular weight is 328 g/mol. The zero-order chi connectivity index (χ0) is 13.0. The summed E-state index contributed by atoms with van der Waals surface area (Å²) < 4.78 is 13.9. The Morgan fingerprint density at radius 3 is 2.61 bits per heavy atom. The molecular formula is C14H15BrFNS. The van der Waals surface area contributed by atoms with Gasteiger partial charge < -0.3 is 5.32 Å².